The fourth-order valence-electron chi connectivity index (χ4n) is 1.08. The number of hydrogen-bond donors (Lipinski definition) is 0. The summed E-state index contributed by atoms with van der Waals surface area (Å²) in [5, 5.41) is 0. The average molecular weight is 198 g/mol. The van der Waals surface area contributed by atoms with E-state index in [1.54, 1.807) is 0 Å². The lowest BCUT2D eigenvalue weighted by Crippen LogP contribution is -2.09. The van der Waals surface area contributed by atoms with Crippen molar-refractivity contribution in [2.75, 3.05) is 0 Å². The van der Waals surface area contributed by atoms with Crippen molar-refractivity contribution in [2.24, 2.45) is 0 Å². The molecule has 1 rings (SSSR count). The molecule has 74 valence electrons. The Labute approximate surface area is 79.5 Å². The summed E-state index contributed by atoms with van der Waals surface area (Å²) in [6, 6.07) is 3.13. The topological polar surface area (TPSA) is 34.1 Å². The highest BCUT2D eigenvalue weighted by atomic mass is 19.1. The maximum Gasteiger partial charge on any atom is 0.176 e. The molecule has 0 saturated heterocycles. The Hall–Kier alpha value is -1.58. The highest BCUT2D eigenvalue weighted by Gasteiger charge is 2.17. The molecular formula is C10H8F2O2. The van der Waals surface area contributed by atoms with Crippen molar-refractivity contribution in [1.29, 1.82) is 0 Å². The van der Waals surface area contributed by atoms with Crippen LogP contribution in [0.15, 0.2) is 18.2 Å². The number of Topliss-reactive ketones (excluding diaryl/α,β-unsaturated/α-hetero) is 2. The summed E-state index contributed by atoms with van der Waals surface area (Å²) in [5.74, 6) is -3.11. The van der Waals surface area contributed by atoms with Gasteiger partial charge in [0.15, 0.2) is 5.78 Å². The molecule has 0 saturated carbocycles. The SMILES string of the molecule is CC(=O)CC(=O)c1c(F)cccc1F. The molecule has 0 aromatic heterocycles. The summed E-state index contributed by atoms with van der Waals surface area (Å²) in [6.45, 7) is 1.19. The van der Waals surface area contributed by atoms with Gasteiger partial charge in [0.1, 0.15) is 17.4 Å². The van der Waals surface area contributed by atoms with Crippen LogP contribution in [0.3, 0.4) is 0 Å². The zero-order chi connectivity index (χ0) is 10.7. The predicted molar refractivity (Wildman–Crippen MR) is 46.0 cm³/mol. The standard InChI is InChI=1S/C10H8F2O2/c1-6(13)5-9(14)10-7(11)3-2-4-8(10)12/h2-4H,5H2,1H3. The molecule has 0 bridgehead atoms. The van der Waals surface area contributed by atoms with Crippen LogP contribution in [-0.2, 0) is 4.79 Å². The second-order valence-corrected chi connectivity index (χ2v) is 2.90. The summed E-state index contributed by atoms with van der Waals surface area (Å²) < 4.78 is 26.0. The summed E-state index contributed by atoms with van der Waals surface area (Å²) in [6.07, 6.45) is -0.474. The lowest BCUT2D eigenvalue weighted by atomic mass is 10.1. The van der Waals surface area contributed by atoms with Crippen LogP contribution in [0.2, 0.25) is 0 Å². The van der Waals surface area contributed by atoms with Crippen LogP contribution in [-0.4, -0.2) is 11.6 Å². The fraction of sp³-hybridized carbons (Fsp3) is 0.200. The van der Waals surface area contributed by atoms with Gasteiger partial charge in [0.2, 0.25) is 0 Å². The maximum atomic E-state index is 13.0. The third-order valence-corrected chi connectivity index (χ3v) is 1.65. The smallest absolute Gasteiger partial charge is 0.176 e. The number of halogens is 2. The molecule has 0 fully saturated rings. The van der Waals surface area contributed by atoms with Crippen LogP contribution in [0.1, 0.15) is 23.7 Å². The summed E-state index contributed by atoms with van der Waals surface area (Å²) in [7, 11) is 0. The quantitative estimate of drug-likeness (QED) is 0.550. The molecule has 0 unspecified atom stereocenters. The molecule has 4 heteroatoms. The van der Waals surface area contributed by atoms with Gasteiger partial charge in [-0.1, -0.05) is 6.07 Å². The monoisotopic (exact) mass is 198 g/mol. The first-order chi connectivity index (χ1) is 6.52. The molecule has 0 N–H and O–H groups in total. The maximum absolute atomic E-state index is 13.0. The molecule has 14 heavy (non-hydrogen) atoms. The third-order valence-electron chi connectivity index (χ3n) is 1.65. The molecule has 0 radical (unpaired) electrons. The van der Waals surface area contributed by atoms with Gasteiger partial charge in [-0.25, -0.2) is 8.78 Å². The lowest BCUT2D eigenvalue weighted by molar-refractivity contribution is -0.116. The van der Waals surface area contributed by atoms with E-state index in [-0.39, 0.29) is 0 Å². The van der Waals surface area contributed by atoms with Gasteiger partial charge in [0, 0.05) is 0 Å². The Morgan fingerprint density at radius 3 is 2.14 bits per heavy atom. The van der Waals surface area contributed by atoms with E-state index in [1.165, 1.54) is 6.92 Å². The van der Waals surface area contributed by atoms with Gasteiger partial charge in [0.05, 0.1) is 12.0 Å². The number of rotatable bonds is 3. The van der Waals surface area contributed by atoms with E-state index < -0.39 is 35.2 Å². The first-order valence-electron chi connectivity index (χ1n) is 3.99. The highest BCUT2D eigenvalue weighted by molar-refractivity contribution is 6.07. The number of ketones is 2. The second kappa shape index (κ2) is 4.09. The first-order valence-corrected chi connectivity index (χ1v) is 3.99. The Morgan fingerprint density at radius 1 is 1.21 bits per heavy atom. The van der Waals surface area contributed by atoms with Crippen LogP contribution in [0.4, 0.5) is 8.78 Å². The second-order valence-electron chi connectivity index (χ2n) is 2.90. The van der Waals surface area contributed by atoms with Gasteiger partial charge < -0.3 is 0 Å². The van der Waals surface area contributed by atoms with Crippen molar-refractivity contribution in [1.82, 2.24) is 0 Å². The lowest BCUT2D eigenvalue weighted by Gasteiger charge is -2.01. The Balaban J connectivity index is 3.06. The van der Waals surface area contributed by atoms with Crippen molar-refractivity contribution >= 4 is 11.6 Å². The minimum absolute atomic E-state index is 0.419. The van der Waals surface area contributed by atoms with Gasteiger partial charge in [-0.05, 0) is 19.1 Å². The summed E-state index contributed by atoms with van der Waals surface area (Å²) in [4.78, 5) is 21.8. The first kappa shape index (κ1) is 10.5. The molecule has 1 aromatic rings. The zero-order valence-electron chi connectivity index (χ0n) is 7.51. The number of carbonyl (C=O) groups is 2. The third kappa shape index (κ3) is 2.22. The van der Waals surface area contributed by atoms with Crippen LogP contribution in [0, 0.1) is 11.6 Å². The molecule has 0 aliphatic heterocycles. The minimum atomic E-state index is -0.934. The van der Waals surface area contributed by atoms with Gasteiger partial charge in [-0.3, -0.25) is 9.59 Å². The predicted octanol–water partition coefficient (Wildman–Crippen LogP) is 2.13. The average Bonchev–Trinajstić information content (AvgIpc) is 2.01. The van der Waals surface area contributed by atoms with E-state index in [2.05, 4.69) is 0 Å². The van der Waals surface area contributed by atoms with Gasteiger partial charge >= 0.3 is 0 Å². The molecule has 1 aromatic carbocycles. The molecule has 0 atom stereocenters. The molecule has 0 amide bonds. The van der Waals surface area contributed by atoms with Gasteiger partial charge in [-0.15, -0.1) is 0 Å². The summed E-state index contributed by atoms with van der Waals surface area (Å²) >= 11 is 0. The number of carbonyl (C=O) groups excluding carboxylic acids is 2. The Kier molecular flexibility index (Phi) is 3.06. The van der Waals surface area contributed by atoms with Crippen molar-refractivity contribution in [3.63, 3.8) is 0 Å². The van der Waals surface area contributed by atoms with Crippen LogP contribution < -0.4 is 0 Å². The van der Waals surface area contributed by atoms with E-state index in [0.717, 1.165) is 18.2 Å². The molecule has 0 aliphatic carbocycles. The van der Waals surface area contributed by atoms with Crippen molar-refractivity contribution in [3.8, 4) is 0 Å². The van der Waals surface area contributed by atoms with E-state index in [1.807, 2.05) is 0 Å². The highest BCUT2D eigenvalue weighted by Crippen LogP contribution is 2.14. The largest absolute Gasteiger partial charge is 0.300 e. The summed E-state index contributed by atoms with van der Waals surface area (Å²) in [5.41, 5.74) is -0.636. The van der Waals surface area contributed by atoms with Crippen molar-refractivity contribution in [2.45, 2.75) is 13.3 Å². The van der Waals surface area contributed by atoms with Crippen LogP contribution >= 0.6 is 0 Å². The minimum Gasteiger partial charge on any atom is -0.300 e. The van der Waals surface area contributed by atoms with Crippen molar-refractivity contribution in [3.05, 3.63) is 35.4 Å². The van der Waals surface area contributed by atoms with Gasteiger partial charge in [0.25, 0.3) is 0 Å². The Morgan fingerprint density at radius 2 is 1.71 bits per heavy atom. The van der Waals surface area contributed by atoms with E-state index in [9.17, 15) is 18.4 Å². The fourth-order valence-corrected chi connectivity index (χ4v) is 1.08. The van der Waals surface area contributed by atoms with Crippen LogP contribution in [0.25, 0.3) is 0 Å². The van der Waals surface area contributed by atoms with Crippen molar-refractivity contribution < 1.29 is 18.4 Å². The normalized spacial score (nSPS) is 9.93. The Bertz CT molecular complexity index is 365. The number of hydrogen-bond acceptors (Lipinski definition) is 2. The molecule has 2 nitrogen and oxygen atoms in total. The van der Waals surface area contributed by atoms with E-state index in [4.69, 9.17) is 0 Å². The zero-order valence-corrected chi connectivity index (χ0v) is 7.51. The van der Waals surface area contributed by atoms with E-state index in [0.29, 0.717) is 0 Å². The molecular weight excluding hydrogens is 190 g/mol. The number of benzene rings is 1. The molecule has 0 spiro atoms. The van der Waals surface area contributed by atoms with E-state index >= 15 is 0 Å². The molecule has 0 aliphatic rings. The van der Waals surface area contributed by atoms with Crippen LogP contribution in [0.5, 0.6) is 0 Å². The molecule has 0 heterocycles. The van der Waals surface area contributed by atoms with Gasteiger partial charge in [-0.2, -0.15) is 0 Å².